The standard InChI is InChI=1S/C19H24N6O4S/c1-25-6-4-12-14(9-25)30-19(24-12)17(28)23-13-8-10(18-21-5-7-29-18)2-3-11(13)22-16(27)15(20)26/h5,7,10-11,13H,2-4,6,8-9H2,1H3,(H2,20,26)(H,22,27)(H,23,28)/t10-,11-,13+/m0/s1. The number of rotatable bonds is 4. The van der Waals surface area contributed by atoms with E-state index in [4.69, 9.17) is 10.2 Å². The normalized spacial score (nSPS) is 24.1. The molecule has 10 nitrogen and oxygen atoms in total. The molecule has 1 saturated carbocycles. The quantitative estimate of drug-likeness (QED) is 0.584. The van der Waals surface area contributed by atoms with Gasteiger partial charge >= 0.3 is 11.8 Å². The van der Waals surface area contributed by atoms with Crippen molar-refractivity contribution < 1.29 is 18.8 Å². The third kappa shape index (κ3) is 4.36. The van der Waals surface area contributed by atoms with Crippen LogP contribution in [0.3, 0.4) is 0 Å². The molecule has 30 heavy (non-hydrogen) atoms. The van der Waals surface area contributed by atoms with Gasteiger partial charge in [-0.05, 0) is 26.3 Å². The van der Waals surface area contributed by atoms with E-state index in [0.717, 1.165) is 30.1 Å². The first-order valence-electron chi connectivity index (χ1n) is 9.88. The fraction of sp³-hybridized carbons (Fsp3) is 0.526. The molecule has 0 unspecified atom stereocenters. The molecule has 2 aromatic heterocycles. The number of nitrogens with one attached hydrogen (secondary N) is 2. The molecule has 0 radical (unpaired) electrons. The number of hydrogen-bond donors (Lipinski definition) is 3. The largest absolute Gasteiger partial charge is 0.449 e. The van der Waals surface area contributed by atoms with Crippen molar-refractivity contribution in [2.75, 3.05) is 13.6 Å². The van der Waals surface area contributed by atoms with E-state index in [1.807, 2.05) is 7.05 Å². The Bertz CT molecular complexity index is 943. The summed E-state index contributed by atoms with van der Waals surface area (Å²) >= 11 is 1.40. The molecular formula is C19H24N6O4S. The maximum Gasteiger partial charge on any atom is 0.309 e. The summed E-state index contributed by atoms with van der Waals surface area (Å²) in [6.45, 7) is 1.70. The number of amides is 3. The van der Waals surface area contributed by atoms with Gasteiger partial charge in [-0.25, -0.2) is 9.97 Å². The molecule has 3 heterocycles. The lowest BCUT2D eigenvalue weighted by Crippen LogP contribution is -2.56. The highest BCUT2D eigenvalue weighted by Gasteiger charge is 2.36. The minimum Gasteiger partial charge on any atom is -0.449 e. The summed E-state index contributed by atoms with van der Waals surface area (Å²) in [4.78, 5) is 48.0. The van der Waals surface area contributed by atoms with Crippen molar-refractivity contribution in [2.45, 2.75) is 50.2 Å². The molecular weight excluding hydrogens is 408 g/mol. The van der Waals surface area contributed by atoms with E-state index in [-0.39, 0.29) is 11.8 Å². The van der Waals surface area contributed by atoms with Crippen LogP contribution in [0.25, 0.3) is 0 Å². The lowest BCUT2D eigenvalue weighted by molar-refractivity contribution is -0.138. The molecule has 0 bridgehead atoms. The topological polar surface area (TPSA) is 143 Å². The van der Waals surface area contributed by atoms with E-state index in [9.17, 15) is 14.4 Å². The number of carbonyl (C=O) groups excluding carboxylic acids is 3. The lowest BCUT2D eigenvalue weighted by atomic mass is 9.82. The molecule has 3 atom stereocenters. The van der Waals surface area contributed by atoms with Crippen molar-refractivity contribution in [3.8, 4) is 0 Å². The van der Waals surface area contributed by atoms with Gasteiger partial charge in [-0.1, -0.05) is 0 Å². The van der Waals surface area contributed by atoms with Gasteiger partial charge in [-0.2, -0.15) is 0 Å². The Balaban J connectivity index is 1.50. The third-order valence-electron chi connectivity index (χ3n) is 5.62. The molecule has 3 amide bonds. The Kier molecular flexibility index (Phi) is 5.82. The number of thiazole rings is 1. The molecule has 0 aromatic carbocycles. The second-order valence-corrected chi connectivity index (χ2v) is 8.86. The Morgan fingerprint density at radius 2 is 2.10 bits per heavy atom. The fourth-order valence-corrected chi connectivity index (χ4v) is 5.14. The number of oxazole rings is 1. The summed E-state index contributed by atoms with van der Waals surface area (Å²) in [5, 5.41) is 6.05. The first-order valence-corrected chi connectivity index (χ1v) is 10.7. The van der Waals surface area contributed by atoms with Gasteiger partial charge < -0.3 is 25.7 Å². The molecule has 1 fully saturated rings. The maximum absolute atomic E-state index is 13.0. The number of primary amides is 1. The summed E-state index contributed by atoms with van der Waals surface area (Å²) in [6, 6.07) is -0.823. The molecule has 4 rings (SSSR count). The monoisotopic (exact) mass is 432 g/mol. The van der Waals surface area contributed by atoms with Crippen LogP contribution in [0.2, 0.25) is 0 Å². The summed E-state index contributed by atoms with van der Waals surface area (Å²) in [5.41, 5.74) is 6.06. The van der Waals surface area contributed by atoms with Crippen LogP contribution in [0.1, 0.15) is 51.4 Å². The molecule has 2 aliphatic rings. The van der Waals surface area contributed by atoms with Crippen LogP contribution in [0.4, 0.5) is 0 Å². The lowest BCUT2D eigenvalue weighted by Gasteiger charge is -2.35. The van der Waals surface area contributed by atoms with Gasteiger partial charge in [-0.3, -0.25) is 14.4 Å². The van der Waals surface area contributed by atoms with Gasteiger partial charge in [0.25, 0.3) is 5.91 Å². The van der Waals surface area contributed by atoms with Crippen LogP contribution in [0.5, 0.6) is 0 Å². The summed E-state index contributed by atoms with van der Waals surface area (Å²) in [5.74, 6) is -1.59. The first kappa shape index (κ1) is 20.5. The molecule has 2 aromatic rings. The van der Waals surface area contributed by atoms with Crippen LogP contribution in [0.15, 0.2) is 16.9 Å². The van der Waals surface area contributed by atoms with Crippen molar-refractivity contribution in [1.29, 1.82) is 0 Å². The predicted octanol–water partition coefficient (Wildman–Crippen LogP) is 0.155. The van der Waals surface area contributed by atoms with Gasteiger partial charge in [0.05, 0.1) is 17.9 Å². The maximum atomic E-state index is 13.0. The average molecular weight is 433 g/mol. The molecule has 4 N–H and O–H groups in total. The Morgan fingerprint density at radius 1 is 1.27 bits per heavy atom. The van der Waals surface area contributed by atoms with E-state index in [2.05, 4.69) is 25.5 Å². The number of nitrogens with two attached hydrogens (primary N) is 1. The van der Waals surface area contributed by atoms with Gasteiger partial charge in [0, 0.05) is 36.3 Å². The zero-order valence-electron chi connectivity index (χ0n) is 16.6. The summed E-state index contributed by atoms with van der Waals surface area (Å²) in [7, 11) is 2.04. The highest BCUT2D eigenvalue weighted by Crippen LogP contribution is 2.33. The van der Waals surface area contributed by atoms with Crippen molar-refractivity contribution in [3.63, 3.8) is 0 Å². The number of aromatic nitrogens is 2. The summed E-state index contributed by atoms with van der Waals surface area (Å²) < 4.78 is 5.43. The highest BCUT2D eigenvalue weighted by atomic mass is 32.1. The van der Waals surface area contributed by atoms with Crippen molar-refractivity contribution in [3.05, 3.63) is 33.9 Å². The number of fused-ring (bicyclic) bond motifs is 1. The van der Waals surface area contributed by atoms with E-state index in [0.29, 0.717) is 30.2 Å². The van der Waals surface area contributed by atoms with Crippen LogP contribution < -0.4 is 16.4 Å². The molecule has 11 heteroatoms. The smallest absolute Gasteiger partial charge is 0.309 e. The zero-order valence-corrected chi connectivity index (χ0v) is 17.4. The molecule has 160 valence electrons. The minimum atomic E-state index is -1.05. The van der Waals surface area contributed by atoms with E-state index in [1.54, 1.807) is 6.20 Å². The van der Waals surface area contributed by atoms with Crippen LogP contribution >= 0.6 is 11.3 Å². The van der Waals surface area contributed by atoms with Gasteiger partial charge in [0.2, 0.25) is 0 Å². The van der Waals surface area contributed by atoms with E-state index in [1.165, 1.54) is 17.6 Å². The Labute approximate surface area is 177 Å². The van der Waals surface area contributed by atoms with Gasteiger partial charge in [0.1, 0.15) is 6.26 Å². The number of nitrogens with zero attached hydrogens (tertiary/aromatic N) is 3. The molecule has 0 saturated heterocycles. The Morgan fingerprint density at radius 3 is 2.83 bits per heavy atom. The number of carbonyl (C=O) groups is 3. The van der Waals surface area contributed by atoms with Gasteiger partial charge in [0.15, 0.2) is 10.9 Å². The molecule has 1 aliphatic heterocycles. The average Bonchev–Trinajstić information content (AvgIpc) is 3.38. The van der Waals surface area contributed by atoms with Crippen molar-refractivity contribution in [2.24, 2.45) is 5.73 Å². The van der Waals surface area contributed by atoms with Crippen molar-refractivity contribution >= 4 is 29.1 Å². The van der Waals surface area contributed by atoms with Crippen LogP contribution in [-0.2, 0) is 22.6 Å². The predicted molar refractivity (Wildman–Crippen MR) is 108 cm³/mol. The molecule has 1 aliphatic carbocycles. The number of hydrogen-bond acceptors (Lipinski definition) is 8. The van der Waals surface area contributed by atoms with Crippen molar-refractivity contribution in [1.82, 2.24) is 25.5 Å². The van der Waals surface area contributed by atoms with Gasteiger partial charge in [-0.15, -0.1) is 11.3 Å². The van der Waals surface area contributed by atoms with Crippen LogP contribution in [-0.4, -0.2) is 58.3 Å². The zero-order chi connectivity index (χ0) is 21.3. The fourth-order valence-electron chi connectivity index (χ4n) is 4.05. The highest BCUT2D eigenvalue weighted by molar-refractivity contribution is 7.13. The minimum absolute atomic E-state index is 0.00480. The second kappa shape index (κ2) is 8.52. The molecule has 0 spiro atoms. The van der Waals surface area contributed by atoms with E-state index < -0.39 is 23.9 Å². The Hall–Kier alpha value is -2.79. The third-order valence-corrected chi connectivity index (χ3v) is 6.71. The van der Waals surface area contributed by atoms with E-state index >= 15 is 0 Å². The SMILES string of the molecule is CN1CCc2nc(C(=O)N[C@@H]3C[C@@H](c4ncco4)CC[C@@H]3NC(=O)C(N)=O)sc2C1. The number of likely N-dealkylation sites (N-methyl/N-ethyl adjacent to an activating group) is 1. The second-order valence-electron chi connectivity index (χ2n) is 7.78. The summed E-state index contributed by atoms with van der Waals surface area (Å²) in [6.07, 6.45) is 5.69. The first-order chi connectivity index (χ1) is 14.4. The van der Waals surface area contributed by atoms with Crippen LogP contribution in [0, 0.1) is 0 Å².